The smallest absolute Gasteiger partial charge is 0.223 e. The fraction of sp³-hybridized carbons (Fsp3) is 0.562. The largest absolute Gasteiger partial charge is 0.488 e. The first-order valence-corrected chi connectivity index (χ1v) is 7.00. The number of hydrogen-bond acceptors (Lipinski definition) is 2. The summed E-state index contributed by atoms with van der Waals surface area (Å²) in [5.41, 5.74) is 0.946. The van der Waals surface area contributed by atoms with E-state index in [9.17, 15) is 4.79 Å². The number of amides is 1. The Morgan fingerprint density at radius 3 is 2.63 bits per heavy atom. The molecule has 1 amide bonds. The topological polar surface area (TPSA) is 38.3 Å². The molecule has 0 radical (unpaired) electrons. The van der Waals surface area contributed by atoms with Crippen LogP contribution in [0.1, 0.15) is 39.2 Å². The Kier molecular flexibility index (Phi) is 4.13. The molecule has 1 saturated carbocycles. The van der Waals surface area contributed by atoms with Crippen LogP contribution in [-0.4, -0.2) is 18.1 Å². The Bertz CT molecular complexity index is 444. The van der Waals surface area contributed by atoms with Gasteiger partial charge in [-0.25, -0.2) is 0 Å². The Labute approximate surface area is 115 Å². The molecular formula is C16H23NO2. The summed E-state index contributed by atoms with van der Waals surface area (Å²) < 4.78 is 5.94. The second-order valence-corrected chi connectivity index (χ2v) is 6.14. The van der Waals surface area contributed by atoms with E-state index < -0.39 is 0 Å². The quantitative estimate of drug-likeness (QED) is 0.885. The lowest BCUT2D eigenvalue weighted by molar-refractivity contribution is -0.122. The highest BCUT2D eigenvalue weighted by atomic mass is 16.5. The highest BCUT2D eigenvalue weighted by molar-refractivity contribution is 5.80. The van der Waals surface area contributed by atoms with Crippen molar-refractivity contribution in [1.29, 1.82) is 0 Å². The minimum atomic E-state index is -0.201. The zero-order valence-corrected chi connectivity index (χ0v) is 12.0. The molecular weight excluding hydrogens is 238 g/mol. The third kappa shape index (κ3) is 4.58. The second kappa shape index (κ2) is 5.64. The lowest BCUT2D eigenvalue weighted by atomic mass is 10.1. The fourth-order valence-corrected chi connectivity index (χ4v) is 1.95. The summed E-state index contributed by atoms with van der Waals surface area (Å²) in [4.78, 5) is 11.6. The Morgan fingerprint density at radius 2 is 2.00 bits per heavy atom. The highest BCUT2D eigenvalue weighted by Gasteiger charge is 2.29. The van der Waals surface area contributed by atoms with Gasteiger partial charge in [0.1, 0.15) is 11.4 Å². The Hall–Kier alpha value is -1.51. The minimum absolute atomic E-state index is 0.201. The number of rotatable bonds is 5. The van der Waals surface area contributed by atoms with Gasteiger partial charge in [-0.1, -0.05) is 18.2 Å². The molecule has 1 N–H and O–H groups in total. The van der Waals surface area contributed by atoms with Gasteiger partial charge in [0, 0.05) is 12.5 Å². The second-order valence-electron chi connectivity index (χ2n) is 6.14. The number of para-hydroxylation sites is 1. The Morgan fingerprint density at radius 1 is 1.32 bits per heavy atom. The average Bonchev–Trinajstić information content (AvgIpc) is 3.13. The normalized spacial score (nSPS) is 15.1. The molecule has 1 aromatic rings. The third-order valence-corrected chi connectivity index (χ3v) is 3.03. The first-order valence-electron chi connectivity index (χ1n) is 7.00. The number of carbonyl (C=O) groups excluding carboxylic acids is 1. The van der Waals surface area contributed by atoms with Gasteiger partial charge < -0.3 is 10.1 Å². The number of carbonyl (C=O) groups is 1. The van der Waals surface area contributed by atoms with Crippen LogP contribution >= 0.6 is 0 Å². The summed E-state index contributed by atoms with van der Waals surface area (Å²) in [7, 11) is 0. The summed E-state index contributed by atoms with van der Waals surface area (Å²) in [6.45, 7) is 6.80. The summed E-state index contributed by atoms with van der Waals surface area (Å²) >= 11 is 0. The molecule has 0 unspecified atom stereocenters. The van der Waals surface area contributed by atoms with Crippen molar-refractivity contribution < 1.29 is 9.53 Å². The van der Waals surface area contributed by atoms with E-state index >= 15 is 0 Å². The Balaban J connectivity index is 1.89. The zero-order chi connectivity index (χ0) is 13.9. The van der Waals surface area contributed by atoms with Crippen molar-refractivity contribution in [3.63, 3.8) is 0 Å². The molecule has 0 saturated heterocycles. The molecule has 1 fully saturated rings. The lowest BCUT2D eigenvalue weighted by Gasteiger charge is -2.23. The predicted molar refractivity (Wildman–Crippen MR) is 76.3 cm³/mol. The molecule has 1 aliphatic rings. The van der Waals surface area contributed by atoms with Crippen LogP contribution in [0.4, 0.5) is 0 Å². The van der Waals surface area contributed by atoms with Crippen molar-refractivity contribution in [2.75, 3.05) is 6.54 Å². The number of benzene rings is 1. The molecule has 1 aliphatic carbocycles. The van der Waals surface area contributed by atoms with Gasteiger partial charge in [0.15, 0.2) is 0 Å². The SMILES string of the molecule is CC(C)(C)Oc1ccccc1CCNC(=O)C1CC1. The summed E-state index contributed by atoms with van der Waals surface area (Å²) in [6, 6.07) is 8.04. The lowest BCUT2D eigenvalue weighted by Crippen LogP contribution is -2.27. The molecule has 0 heterocycles. The first-order chi connectivity index (χ1) is 8.96. The molecule has 2 rings (SSSR count). The van der Waals surface area contributed by atoms with Gasteiger partial charge in [-0.2, -0.15) is 0 Å². The monoisotopic (exact) mass is 261 g/mol. The minimum Gasteiger partial charge on any atom is -0.488 e. The van der Waals surface area contributed by atoms with Gasteiger partial charge in [-0.15, -0.1) is 0 Å². The fourth-order valence-electron chi connectivity index (χ4n) is 1.95. The molecule has 0 spiro atoms. The van der Waals surface area contributed by atoms with Crippen LogP contribution in [0.2, 0.25) is 0 Å². The van der Waals surface area contributed by atoms with Crippen LogP contribution < -0.4 is 10.1 Å². The zero-order valence-electron chi connectivity index (χ0n) is 12.0. The average molecular weight is 261 g/mol. The van der Waals surface area contributed by atoms with Crippen molar-refractivity contribution in [3.05, 3.63) is 29.8 Å². The van der Waals surface area contributed by atoms with Crippen LogP contribution in [0.25, 0.3) is 0 Å². The van der Waals surface area contributed by atoms with Crippen LogP contribution in [0.15, 0.2) is 24.3 Å². The van der Waals surface area contributed by atoms with Crippen molar-refractivity contribution in [2.24, 2.45) is 5.92 Å². The van der Waals surface area contributed by atoms with E-state index in [0.29, 0.717) is 6.54 Å². The maximum absolute atomic E-state index is 11.6. The van der Waals surface area contributed by atoms with E-state index in [0.717, 1.165) is 30.6 Å². The summed E-state index contributed by atoms with van der Waals surface area (Å²) in [6.07, 6.45) is 2.91. The third-order valence-electron chi connectivity index (χ3n) is 3.03. The maximum Gasteiger partial charge on any atom is 0.223 e. The van der Waals surface area contributed by atoms with Crippen LogP contribution in [0.3, 0.4) is 0 Å². The van der Waals surface area contributed by atoms with E-state index in [1.165, 1.54) is 0 Å². The molecule has 3 heteroatoms. The van der Waals surface area contributed by atoms with Gasteiger partial charge in [0.2, 0.25) is 5.91 Å². The first kappa shape index (κ1) is 13.9. The van der Waals surface area contributed by atoms with Crippen molar-refractivity contribution in [2.45, 2.75) is 45.6 Å². The van der Waals surface area contributed by atoms with Crippen molar-refractivity contribution in [1.82, 2.24) is 5.32 Å². The number of nitrogens with one attached hydrogen (secondary N) is 1. The standard InChI is InChI=1S/C16H23NO2/c1-16(2,3)19-14-7-5-4-6-12(14)10-11-17-15(18)13-8-9-13/h4-7,13H,8-11H2,1-3H3,(H,17,18). The van der Waals surface area contributed by atoms with E-state index in [1.54, 1.807) is 0 Å². The van der Waals surface area contributed by atoms with Gasteiger partial charge in [0.25, 0.3) is 0 Å². The highest BCUT2D eigenvalue weighted by Crippen LogP contribution is 2.28. The molecule has 0 atom stereocenters. The molecule has 3 nitrogen and oxygen atoms in total. The molecule has 1 aromatic carbocycles. The molecule has 104 valence electrons. The van der Waals surface area contributed by atoms with Crippen LogP contribution in [0.5, 0.6) is 5.75 Å². The molecule has 0 bridgehead atoms. The molecule has 0 aromatic heterocycles. The molecule has 19 heavy (non-hydrogen) atoms. The number of hydrogen-bond donors (Lipinski definition) is 1. The van der Waals surface area contributed by atoms with Crippen molar-refractivity contribution in [3.8, 4) is 5.75 Å². The van der Waals surface area contributed by atoms with Gasteiger partial charge in [-0.3, -0.25) is 4.79 Å². The van der Waals surface area contributed by atoms with E-state index in [2.05, 4.69) is 11.4 Å². The van der Waals surface area contributed by atoms with E-state index in [1.807, 2.05) is 39.0 Å². The summed E-state index contributed by atoms with van der Waals surface area (Å²) in [5, 5.41) is 2.99. The number of ether oxygens (including phenoxy) is 1. The van der Waals surface area contributed by atoms with E-state index in [-0.39, 0.29) is 17.4 Å². The van der Waals surface area contributed by atoms with Gasteiger partial charge in [0.05, 0.1) is 0 Å². The van der Waals surface area contributed by atoms with Crippen LogP contribution in [-0.2, 0) is 11.2 Å². The van der Waals surface area contributed by atoms with Crippen LogP contribution in [0, 0.1) is 5.92 Å². The van der Waals surface area contributed by atoms with Crippen molar-refractivity contribution >= 4 is 5.91 Å². The van der Waals surface area contributed by atoms with E-state index in [4.69, 9.17) is 4.74 Å². The molecule has 0 aliphatic heterocycles. The van der Waals surface area contributed by atoms with Gasteiger partial charge >= 0.3 is 0 Å². The summed E-state index contributed by atoms with van der Waals surface area (Å²) in [5.74, 6) is 1.39. The van der Waals surface area contributed by atoms with Gasteiger partial charge in [-0.05, 0) is 51.7 Å². The predicted octanol–water partition coefficient (Wildman–Crippen LogP) is 2.93. The maximum atomic E-state index is 11.6.